The predicted octanol–water partition coefficient (Wildman–Crippen LogP) is -2.82. The Hall–Kier alpha value is -0.325. The molecule has 0 saturated carbocycles. The van der Waals surface area contributed by atoms with Crippen molar-refractivity contribution < 1.29 is 109 Å². The van der Waals surface area contributed by atoms with Gasteiger partial charge in [-0.15, -0.1) is 0 Å². The monoisotopic (exact) mass is 1310 g/mol. The number of ether oxygens (including phenoxy) is 12. The van der Waals surface area contributed by atoms with Crippen LogP contribution in [0.1, 0.15) is 32.6 Å². The molecule has 0 bridgehead atoms. The third-order valence-corrected chi connectivity index (χ3v) is 17.6. The smallest absolute Gasteiger partial charge is 0.214 e. The Kier molecular flexibility index (Phi) is 45.0. The summed E-state index contributed by atoms with van der Waals surface area (Å²) in [6, 6.07) is -2.25. The Bertz CT molecular complexity index is 2030. The summed E-state index contributed by atoms with van der Waals surface area (Å²) in [6.07, 6.45) is -0.746. The quantitative estimate of drug-likeness (QED) is 0.0404. The van der Waals surface area contributed by atoms with Crippen LogP contribution in [0.2, 0.25) is 12.1 Å². The SMILES string of the molecule is [B]C1CN(P(C)(=O)N(C)C)CC(OC)O1.[B]CC(=O)N(CCNC)CC(C)=O.[B][C@@H]1O[C@H](COC)[C@H](OP(C)(=O)[O-])C1OCCCO.[B][C@H]1COC(COC)C(OC)C1.[B][C@H]1C[C@@H](NP(C)(=O)[O-])[C@@H](COC)O1.[B][C@H]1C[C@@H](OP([BH3-])(C)=O)[C@@H](COC)O1. The average Bonchev–Trinajstić information content (AvgIpc) is 2.30. The van der Waals surface area contributed by atoms with Crippen LogP contribution in [0.15, 0.2) is 0 Å². The van der Waals surface area contributed by atoms with Gasteiger partial charge < -0.3 is 105 Å². The molecule has 5 aliphatic rings. The second-order valence-corrected chi connectivity index (χ2v) is 28.5. The lowest BCUT2D eigenvalue weighted by atomic mass is 9.80. The summed E-state index contributed by atoms with van der Waals surface area (Å²) in [4.78, 5) is 45.7. The van der Waals surface area contributed by atoms with Crippen LogP contribution in [-0.2, 0) is 93.7 Å². The van der Waals surface area contributed by atoms with Crippen LogP contribution in [-0.4, -0.2) is 340 Å². The van der Waals surface area contributed by atoms with Crippen molar-refractivity contribution in [3.63, 3.8) is 0 Å². The van der Waals surface area contributed by atoms with E-state index >= 15 is 0 Å². The van der Waals surface area contributed by atoms with E-state index < -0.39 is 72.4 Å². The molecular formula is C48H97B7N5O23P4-3. The van der Waals surface area contributed by atoms with Gasteiger partial charge in [0.25, 0.3) is 0 Å². The van der Waals surface area contributed by atoms with Crippen molar-refractivity contribution in [3.05, 3.63) is 0 Å². The number of methoxy groups -OCH3 is 6. The molecule has 0 aromatic carbocycles. The van der Waals surface area contributed by atoms with E-state index in [4.69, 9.17) is 118 Å². The number of carbonyl (C=O) groups is 2. The number of carbonyl (C=O) groups excluding carboxylic acids is 2. The van der Waals surface area contributed by atoms with Crippen LogP contribution in [0.25, 0.3) is 0 Å². The lowest BCUT2D eigenvalue weighted by molar-refractivity contribution is -0.205. The largest absolute Gasteiger partial charge is 0.788 e. The third kappa shape index (κ3) is 37.4. The summed E-state index contributed by atoms with van der Waals surface area (Å²) >= 11 is 0. The van der Waals surface area contributed by atoms with Gasteiger partial charge in [-0.3, -0.25) is 19.2 Å². The molecule has 1 amide bonds. The second-order valence-electron chi connectivity index (χ2n) is 20.6. The van der Waals surface area contributed by atoms with Gasteiger partial charge in [0.1, 0.15) is 75.3 Å². The number of nitrogens with one attached hydrogen (secondary N) is 2. The van der Waals surface area contributed by atoms with E-state index in [1.165, 1.54) is 26.0 Å². The maximum absolute atomic E-state index is 12.4. The Morgan fingerprint density at radius 1 is 0.736 bits per heavy atom. The molecule has 0 spiro atoms. The van der Waals surface area contributed by atoms with Gasteiger partial charge in [-0.1, -0.05) is 5.82 Å². The minimum absolute atomic E-state index is 0.0241. The number of rotatable bonds is 28. The van der Waals surface area contributed by atoms with Gasteiger partial charge in [0.15, 0.2) is 6.29 Å². The average molecular weight is 1310 g/mol. The van der Waals surface area contributed by atoms with Gasteiger partial charge in [-0.2, -0.15) is 0 Å². The number of Topliss-reactive ketones (excluding diaryl/α,β-unsaturated/α-hetero) is 1. The standard InChI is InChI=1S/C10H20BO7P.C8H18BN2O3P.C8H15BN2O2.C8H15BO3.C7H16B2O4P.C7H15BNO4P/c1-15-6-7-8(18-19(2,13)14)9(10(11)17-7)16-5-3-4-12;1-10(2)15(4,12)11-5-7(9)14-8(6-11)13-3;1-7(12)6-11(4-3-10-2)8(13)5-9;1-10-5-8-7(11-2)3-6(9)4-12-8;1-11-4-6-5(3-7(8)12-6)13-14(2,9)10;1-12-4-6-5(3-7(8)13-6)9-14(2,10)11/h7-10,12H,3-6H2,1-2H3,(H,13,14);7-8H,5-6H2,1-4H3;10H,3-6H2,1-2H3;6-8H,3-5H2,1-2H3;5-7H,3-4H2,1-2,9H3;5-7H,3-4H2,1-2H3,(H2,9,10,11)/q;;;;-1;/p-2/t7-,8+,9?,10-;;;6-,7?,8?;5-,6-,7-,14?;5-,6-,7-/m1..111/s1. The minimum Gasteiger partial charge on any atom is -0.788 e. The van der Waals surface area contributed by atoms with Crippen molar-refractivity contribution in [2.24, 2.45) is 0 Å². The zero-order valence-electron chi connectivity index (χ0n) is 52.7. The van der Waals surface area contributed by atoms with E-state index in [1.54, 1.807) is 67.6 Å². The van der Waals surface area contributed by atoms with Crippen LogP contribution in [0, 0.1) is 0 Å². The molecule has 3 N–H and O–H groups in total. The maximum atomic E-state index is 12.4. The summed E-state index contributed by atoms with van der Waals surface area (Å²) in [5.41, 5.74) is 0. The number of aliphatic hydroxyl groups excluding tert-OH is 1. The number of amides is 1. The fourth-order valence-electron chi connectivity index (χ4n) is 8.57. The number of likely N-dealkylation sites (N-methyl/N-ethyl adjacent to an activating group) is 1. The molecule has 5 rings (SSSR count). The van der Waals surface area contributed by atoms with E-state index in [0.717, 1.165) is 19.8 Å². The normalized spacial score (nSPS) is 31.6. The Morgan fingerprint density at radius 3 is 1.79 bits per heavy atom. The number of aliphatic hydroxyl groups is 1. The van der Waals surface area contributed by atoms with Gasteiger partial charge in [0.2, 0.25) is 13.4 Å². The van der Waals surface area contributed by atoms with Crippen LogP contribution >= 0.6 is 29.8 Å². The summed E-state index contributed by atoms with van der Waals surface area (Å²) in [5.74, 6) is -0.119. The zero-order chi connectivity index (χ0) is 66.9. The van der Waals surface area contributed by atoms with Crippen molar-refractivity contribution in [2.75, 3.05) is 169 Å². The number of ketones is 1. The minimum atomic E-state index is -3.95. The highest BCUT2D eigenvalue weighted by Gasteiger charge is 2.45. The highest BCUT2D eigenvalue weighted by Crippen LogP contribution is 2.48. The van der Waals surface area contributed by atoms with E-state index in [-0.39, 0.29) is 100 Å². The Morgan fingerprint density at radius 2 is 1.30 bits per heavy atom. The van der Waals surface area contributed by atoms with E-state index in [0.29, 0.717) is 71.9 Å². The number of nitrogens with zero attached hydrogens (tertiary/aromatic N) is 3. The van der Waals surface area contributed by atoms with Crippen LogP contribution < -0.4 is 20.2 Å². The van der Waals surface area contributed by atoms with Crippen molar-refractivity contribution in [3.8, 4) is 0 Å². The molecule has 87 heavy (non-hydrogen) atoms. The first-order valence-electron chi connectivity index (χ1n) is 27.7. The lowest BCUT2D eigenvalue weighted by Gasteiger charge is -2.41. The molecule has 5 heterocycles. The van der Waals surface area contributed by atoms with Crippen molar-refractivity contribution in [1.29, 1.82) is 0 Å². The summed E-state index contributed by atoms with van der Waals surface area (Å²) in [5, 5.41) is 14.1. The number of hydrogen-bond donors (Lipinski definition) is 3. The maximum Gasteiger partial charge on any atom is 0.214 e. The predicted molar refractivity (Wildman–Crippen MR) is 335 cm³/mol. The lowest BCUT2D eigenvalue weighted by Crippen LogP contribution is -2.48. The van der Waals surface area contributed by atoms with E-state index in [2.05, 4.69) is 10.4 Å². The molecule has 0 aromatic heterocycles. The molecule has 12 radical (unpaired) electrons. The van der Waals surface area contributed by atoms with Gasteiger partial charge >= 0.3 is 0 Å². The number of morpholine rings is 1. The van der Waals surface area contributed by atoms with Crippen molar-refractivity contribution in [2.45, 2.75) is 130 Å². The van der Waals surface area contributed by atoms with Gasteiger partial charge in [-0.25, -0.2) is 9.34 Å². The Labute approximate surface area is 526 Å². The van der Waals surface area contributed by atoms with Crippen molar-refractivity contribution >= 4 is 96.1 Å². The molecule has 28 nitrogen and oxygen atoms in total. The highest BCUT2D eigenvalue weighted by atomic mass is 31.2. The molecule has 5 aliphatic heterocycles. The van der Waals surface area contributed by atoms with Gasteiger partial charge in [0.05, 0.1) is 88.6 Å². The van der Waals surface area contributed by atoms with Gasteiger partial charge in [-0.05, 0) is 73.4 Å². The first-order chi connectivity index (χ1) is 40.5. The molecular weight excluding hydrogens is 1210 g/mol. The third-order valence-electron chi connectivity index (χ3n) is 12.7. The molecule has 0 aliphatic carbocycles. The van der Waals surface area contributed by atoms with Crippen LogP contribution in [0.4, 0.5) is 0 Å². The number of hydrogen-bond acceptors (Lipinski definition) is 24. The summed E-state index contributed by atoms with van der Waals surface area (Å²) in [6.45, 7) is 11.6. The molecule has 5 fully saturated rings. The zero-order valence-corrected chi connectivity index (χ0v) is 56.3. The summed E-state index contributed by atoms with van der Waals surface area (Å²) < 4.78 is 123. The van der Waals surface area contributed by atoms with E-state index in [1.807, 2.05) is 4.67 Å². The second kappa shape index (κ2) is 45.1. The summed E-state index contributed by atoms with van der Waals surface area (Å²) in [7, 11) is 36.0. The fourth-order valence-corrected chi connectivity index (χ4v) is 12.2. The molecule has 19 atom stereocenters. The molecule has 9 unspecified atom stereocenters. The molecule has 39 heteroatoms. The molecule has 0 aromatic rings. The first kappa shape index (κ1) is 86.7. The van der Waals surface area contributed by atoms with Crippen LogP contribution in [0.3, 0.4) is 0 Å². The van der Waals surface area contributed by atoms with E-state index in [9.17, 15) is 37.6 Å². The fraction of sp³-hybridized carbons (Fsp3) is 0.958. The van der Waals surface area contributed by atoms with Crippen LogP contribution in [0.5, 0.6) is 0 Å². The molecule has 5 saturated heterocycles. The van der Waals surface area contributed by atoms with Gasteiger partial charge in [0, 0.05) is 133 Å². The Balaban J connectivity index is 0.00000103. The van der Waals surface area contributed by atoms with Crippen molar-refractivity contribution in [1.82, 2.24) is 24.6 Å². The topological polar surface area (TPSA) is 332 Å². The molecule has 496 valence electrons. The highest BCUT2D eigenvalue weighted by molar-refractivity contribution is 7.82. The first-order valence-corrected chi connectivity index (χ1v) is 35.4.